The smallest absolute Gasteiger partial charge is 0.188 e. The van der Waals surface area contributed by atoms with Crippen molar-refractivity contribution < 1.29 is 19.4 Å². The second-order valence-corrected chi connectivity index (χ2v) is 10.9. The van der Waals surface area contributed by atoms with E-state index in [9.17, 15) is 9.90 Å². The normalized spacial score (nSPS) is 44.8. The van der Waals surface area contributed by atoms with Crippen molar-refractivity contribution in [2.75, 3.05) is 0 Å². The van der Waals surface area contributed by atoms with Crippen LogP contribution in [0.25, 0.3) is 0 Å². The van der Waals surface area contributed by atoms with Crippen LogP contribution in [0.15, 0.2) is 35.6 Å². The lowest BCUT2D eigenvalue weighted by Gasteiger charge is -2.45. The summed E-state index contributed by atoms with van der Waals surface area (Å²) in [5.74, 6) is 2.02. The van der Waals surface area contributed by atoms with E-state index in [2.05, 4.69) is 20.4 Å². The van der Waals surface area contributed by atoms with E-state index in [1.165, 1.54) is 12.8 Å². The van der Waals surface area contributed by atoms with E-state index in [0.717, 1.165) is 30.4 Å². The van der Waals surface area contributed by atoms with Crippen LogP contribution in [0, 0.1) is 17.3 Å². The van der Waals surface area contributed by atoms with Gasteiger partial charge in [0.15, 0.2) is 5.78 Å². The lowest BCUT2D eigenvalue weighted by atomic mass is 9.76. The van der Waals surface area contributed by atoms with Crippen LogP contribution in [-0.2, 0) is 14.3 Å². The summed E-state index contributed by atoms with van der Waals surface area (Å²) in [6.45, 7) is 12.3. The molecule has 0 aromatic heterocycles. The molecule has 2 heterocycles. The van der Waals surface area contributed by atoms with Crippen molar-refractivity contribution in [2.45, 2.75) is 95.5 Å². The number of hydrogen-bond donors (Lipinski definition) is 1. The largest absolute Gasteiger partial charge is 0.487 e. The summed E-state index contributed by atoms with van der Waals surface area (Å²) in [7, 11) is 0. The first-order valence-electron chi connectivity index (χ1n) is 11.3. The summed E-state index contributed by atoms with van der Waals surface area (Å²) in [4.78, 5) is 13.2. The number of allylic oxidation sites excluding steroid dienone is 3. The SMILES string of the molecule is C=CCC1=C[C@@]2(C[C@H](O)C(C)(C)O2)C2=C(CC[C@]3(CC[C@@]4(C(C)C)C[C@@H]34)O2)C1=O. The average molecular weight is 399 g/mol. The Morgan fingerprint density at radius 1 is 1.28 bits per heavy atom. The Hall–Kier alpha value is -1.39. The highest BCUT2D eigenvalue weighted by Gasteiger charge is 2.72. The maximum atomic E-state index is 13.2. The molecule has 5 aliphatic rings. The highest BCUT2D eigenvalue weighted by molar-refractivity contribution is 6.10. The first kappa shape index (κ1) is 19.6. The van der Waals surface area contributed by atoms with Gasteiger partial charge in [-0.25, -0.2) is 0 Å². The second-order valence-electron chi connectivity index (χ2n) is 10.9. The van der Waals surface area contributed by atoms with Gasteiger partial charge in [-0.3, -0.25) is 4.79 Å². The van der Waals surface area contributed by atoms with Crippen LogP contribution in [0.1, 0.15) is 72.6 Å². The van der Waals surface area contributed by atoms with E-state index in [0.29, 0.717) is 35.9 Å². The summed E-state index contributed by atoms with van der Waals surface area (Å²) < 4.78 is 13.4. The number of aliphatic hydroxyl groups excluding tert-OH is 1. The van der Waals surface area contributed by atoms with Gasteiger partial charge in [0.05, 0.1) is 11.7 Å². The number of Topliss-reactive ketones (excluding diaryl/α,β-unsaturated/α-hetero) is 1. The van der Waals surface area contributed by atoms with Gasteiger partial charge in [-0.2, -0.15) is 0 Å². The van der Waals surface area contributed by atoms with Crippen LogP contribution < -0.4 is 0 Å². The highest BCUT2D eigenvalue weighted by atomic mass is 16.6. The Morgan fingerprint density at radius 2 is 2.03 bits per heavy atom. The zero-order valence-corrected chi connectivity index (χ0v) is 18.2. The Morgan fingerprint density at radius 3 is 2.59 bits per heavy atom. The number of ketones is 1. The summed E-state index contributed by atoms with van der Waals surface area (Å²) in [6, 6.07) is 0. The minimum absolute atomic E-state index is 0.0760. The number of fused-ring (bicyclic) bond motifs is 3. The lowest BCUT2D eigenvalue weighted by molar-refractivity contribution is -0.130. The number of aliphatic hydroxyl groups is 1. The van der Waals surface area contributed by atoms with Gasteiger partial charge in [-0.1, -0.05) is 19.9 Å². The minimum Gasteiger partial charge on any atom is -0.487 e. The molecule has 5 atom stereocenters. The lowest BCUT2D eigenvalue weighted by Crippen LogP contribution is -2.47. The monoisotopic (exact) mass is 398 g/mol. The predicted octanol–water partition coefficient (Wildman–Crippen LogP) is 4.63. The molecule has 0 bridgehead atoms. The molecule has 2 aliphatic heterocycles. The molecule has 1 saturated heterocycles. The van der Waals surface area contributed by atoms with Crippen molar-refractivity contribution in [2.24, 2.45) is 17.3 Å². The summed E-state index contributed by atoms with van der Waals surface area (Å²) in [6.07, 6.45) is 9.22. The molecule has 158 valence electrons. The third-order valence-electron chi connectivity index (χ3n) is 8.76. The molecular weight excluding hydrogens is 364 g/mol. The van der Waals surface area contributed by atoms with Crippen LogP contribution in [0.2, 0.25) is 0 Å². The summed E-state index contributed by atoms with van der Waals surface area (Å²) >= 11 is 0. The van der Waals surface area contributed by atoms with Crippen LogP contribution in [0.4, 0.5) is 0 Å². The van der Waals surface area contributed by atoms with Gasteiger partial charge in [0.25, 0.3) is 0 Å². The molecule has 2 saturated carbocycles. The van der Waals surface area contributed by atoms with Crippen molar-refractivity contribution in [1.29, 1.82) is 0 Å². The first-order chi connectivity index (χ1) is 13.6. The van der Waals surface area contributed by atoms with Crippen molar-refractivity contribution in [3.8, 4) is 0 Å². The average Bonchev–Trinajstić information content (AvgIpc) is 3.28. The van der Waals surface area contributed by atoms with Gasteiger partial charge >= 0.3 is 0 Å². The quantitative estimate of drug-likeness (QED) is 0.704. The van der Waals surface area contributed by atoms with E-state index < -0.39 is 17.3 Å². The number of rotatable bonds is 3. The maximum Gasteiger partial charge on any atom is 0.188 e. The van der Waals surface area contributed by atoms with E-state index in [4.69, 9.17) is 9.47 Å². The number of carbonyl (C=O) groups excluding carboxylic acids is 1. The molecule has 3 aliphatic carbocycles. The molecule has 0 aromatic carbocycles. The van der Waals surface area contributed by atoms with Crippen molar-refractivity contribution in [1.82, 2.24) is 0 Å². The molecule has 29 heavy (non-hydrogen) atoms. The Labute approximate surface area is 174 Å². The van der Waals surface area contributed by atoms with E-state index in [-0.39, 0.29) is 11.4 Å². The Balaban J connectivity index is 1.56. The zero-order valence-electron chi connectivity index (χ0n) is 18.2. The highest BCUT2D eigenvalue weighted by Crippen LogP contribution is 2.74. The molecule has 0 amide bonds. The third kappa shape index (κ3) is 2.48. The Kier molecular flexibility index (Phi) is 3.95. The van der Waals surface area contributed by atoms with Crippen LogP contribution in [0.3, 0.4) is 0 Å². The third-order valence-corrected chi connectivity index (χ3v) is 8.76. The predicted molar refractivity (Wildman–Crippen MR) is 111 cm³/mol. The molecule has 5 rings (SSSR count). The molecule has 2 spiro atoms. The maximum absolute atomic E-state index is 13.2. The zero-order chi connectivity index (χ0) is 20.8. The molecule has 4 nitrogen and oxygen atoms in total. The van der Waals surface area contributed by atoms with E-state index >= 15 is 0 Å². The van der Waals surface area contributed by atoms with Crippen LogP contribution in [-0.4, -0.2) is 33.8 Å². The first-order valence-corrected chi connectivity index (χ1v) is 11.3. The van der Waals surface area contributed by atoms with Crippen molar-refractivity contribution in [3.63, 3.8) is 0 Å². The fraction of sp³-hybridized carbons (Fsp3) is 0.720. The van der Waals surface area contributed by atoms with Gasteiger partial charge in [-0.05, 0) is 69.8 Å². The number of hydrogen-bond acceptors (Lipinski definition) is 4. The van der Waals surface area contributed by atoms with Gasteiger partial charge < -0.3 is 14.6 Å². The Bertz CT molecular complexity index is 849. The molecule has 1 N–H and O–H groups in total. The van der Waals surface area contributed by atoms with Gasteiger partial charge in [-0.15, -0.1) is 6.58 Å². The minimum atomic E-state index is -0.837. The van der Waals surface area contributed by atoms with Gasteiger partial charge in [0.1, 0.15) is 17.0 Å². The number of carbonyl (C=O) groups is 1. The van der Waals surface area contributed by atoms with Crippen molar-refractivity contribution >= 4 is 5.78 Å². The molecule has 4 heteroatoms. The second kappa shape index (κ2) is 5.85. The fourth-order valence-electron chi connectivity index (χ4n) is 6.85. The summed E-state index contributed by atoms with van der Waals surface area (Å²) in [5, 5.41) is 10.7. The summed E-state index contributed by atoms with van der Waals surface area (Å²) in [5.41, 5.74) is 0.222. The molecule has 0 radical (unpaired) electrons. The number of ether oxygens (including phenoxy) is 2. The molecule has 0 unspecified atom stereocenters. The molecule has 0 aromatic rings. The van der Waals surface area contributed by atoms with Gasteiger partial charge in [0.2, 0.25) is 0 Å². The van der Waals surface area contributed by atoms with Crippen LogP contribution in [0.5, 0.6) is 0 Å². The van der Waals surface area contributed by atoms with Crippen molar-refractivity contribution in [3.05, 3.63) is 35.6 Å². The fourth-order valence-corrected chi connectivity index (χ4v) is 6.85. The topological polar surface area (TPSA) is 55.8 Å². The van der Waals surface area contributed by atoms with Crippen LogP contribution >= 0.6 is 0 Å². The molecule has 3 fully saturated rings. The van der Waals surface area contributed by atoms with E-state index in [1.54, 1.807) is 6.08 Å². The standard InChI is InChI=1S/C25H34O4/c1-6-7-16-12-25(14-19(26)22(4,5)29-25)21-17(20(16)27)8-9-24(28-21)11-10-23(15(2)3)13-18(23)24/h6,12,15,18-19,26H,1,7-11,13-14H2,2-5H3/t18-,19+,23+,24-,25-/m1/s1. The molecular formula is C25H34O4. The van der Waals surface area contributed by atoms with Gasteiger partial charge in [0, 0.05) is 23.5 Å². The van der Waals surface area contributed by atoms with E-state index in [1.807, 2.05) is 19.9 Å².